The lowest BCUT2D eigenvalue weighted by molar-refractivity contribution is 0.0634. The average Bonchev–Trinajstić information content (AvgIpc) is 3.14. The van der Waals surface area contributed by atoms with E-state index in [1.807, 2.05) is 40.0 Å². The third-order valence-electron chi connectivity index (χ3n) is 4.21. The van der Waals surface area contributed by atoms with Gasteiger partial charge in [0.15, 0.2) is 0 Å². The van der Waals surface area contributed by atoms with Crippen LogP contribution in [0.4, 0.5) is 10.5 Å². The molecule has 3 rings (SSSR count). The molecule has 0 atom stereocenters. The maximum atomic E-state index is 12.4. The topological polar surface area (TPSA) is 58.6 Å². The van der Waals surface area contributed by atoms with Crippen molar-refractivity contribution in [2.75, 3.05) is 18.9 Å². The minimum atomic E-state index is -0.549. The molecule has 0 bridgehead atoms. The number of fused-ring (bicyclic) bond motifs is 2. The molecule has 1 saturated carbocycles. The standard InChI is InChI=1S/C17H22N2O3/c1-16(2,3)22-15(21)18-11-5-6-13-12(9-11)14(20)19(4)10-17(13)7-8-17/h5-6,9H,7-8,10H2,1-4H3,(H,18,21). The summed E-state index contributed by atoms with van der Waals surface area (Å²) in [6.07, 6.45) is 1.73. The van der Waals surface area contributed by atoms with Crippen LogP contribution in [0.3, 0.4) is 0 Å². The Hall–Kier alpha value is -2.04. The van der Waals surface area contributed by atoms with Gasteiger partial charge in [0.1, 0.15) is 5.60 Å². The Labute approximate surface area is 130 Å². The van der Waals surface area contributed by atoms with Crippen molar-refractivity contribution in [2.45, 2.75) is 44.6 Å². The number of rotatable bonds is 1. The van der Waals surface area contributed by atoms with Crippen molar-refractivity contribution in [3.8, 4) is 0 Å². The van der Waals surface area contributed by atoms with Gasteiger partial charge in [0, 0.05) is 30.3 Å². The van der Waals surface area contributed by atoms with Crippen LogP contribution >= 0.6 is 0 Å². The van der Waals surface area contributed by atoms with Gasteiger partial charge in [0.05, 0.1) is 0 Å². The van der Waals surface area contributed by atoms with Crippen LogP contribution in [0.1, 0.15) is 49.5 Å². The number of nitrogens with one attached hydrogen (secondary N) is 1. The number of benzene rings is 1. The molecule has 2 aliphatic rings. The lowest BCUT2D eigenvalue weighted by atomic mass is 9.86. The summed E-state index contributed by atoms with van der Waals surface area (Å²) in [4.78, 5) is 26.0. The van der Waals surface area contributed by atoms with Crippen LogP contribution in [0.5, 0.6) is 0 Å². The SMILES string of the molecule is CN1CC2(CC2)c2ccc(NC(=O)OC(C)(C)C)cc2C1=O. The van der Waals surface area contributed by atoms with E-state index in [0.717, 1.165) is 24.9 Å². The molecule has 1 aliphatic heterocycles. The molecule has 118 valence electrons. The molecule has 5 heteroatoms. The molecule has 1 aliphatic carbocycles. The van der Waals surface area contributed by atoms with Crippen molar-refractivity contribution in [1.82, 2.24) is 4.90 Å². The van der Waals surface area contributed by atoms with E-state index in [1.165, 1.54) is 0 Å². The Bertz CT molecular complexity index is 642. The average molecular weight is 302 g/mol. The van der Waals surface area contributed by atoms with Crippen LogP contribution < -0.4 is 5.32 Å². The lowest BCUT2D eigenvalue weighted by Gasteiger charge is -2.32. The molecule has 22 heavy (non-hydrogen) atoms. The van der Waals surface area contributed by atoms with Gasteiger partial charge in [-0.15, -0.1) is 0 Å². The fourth-order valence-corrected chi connectivity index (χ4v) is 3.08. The minimum absolute atomic E-state index is 0.0142. The van der Waals surface area contributed by atoms with Crippen LogP contribution in [-0.4, -0.2) is 36.1 Å². The van der Waals surface area contributed by atoms with Crippen LogP contribution in [-0.2, 0) is 10.2 Å². The van der Waals surface area contributed by atoms with Gasteiger partial charge in [-0.2, -0.15) is 0 Å². The van der Waals surface area contributed by atoms with Crippen molar-refractivity contribution in [1.29, 1.82) is 0 Å². The van der Waals surface area contributed by atoms with Crippen molar-refractivity contribution in [2.24, 2.45) is 0 Å². The van der Waals surface area contributed by atoms with Gasteiger partial charge < -0.3 is 9.64 Å². The molecular weight excluding hydrogens is 280 g/mol. The molecule has 0 saturated heterocycles. The van der Waals surface area contributed by atoms with Gasteiger partial charge >= 0.3 is 6.09 Å². The lowest BCUT2D eigenvalue weighted by Crippen LogP contribution is -2.40. The highest BCUT2D eigenvalue weighted by Crippen LogP contribution is 2.52. The molecule has 1 N–H and O–H groups in total. The number of carbonyl (C=O) groups is 2. The van der Waals surface area contributed by atoms with Crippen molar-refractivity contribution in [3.63, 3.8) is 0 Å². The number of anilines is 1. The fourth-order valence-electron chi connectivity index (χ4n) is 3.08. The normalized spacial score (nSPS) is 18.9. The van der Waals surface area contributed by atoms with Gasteiger partial charge in [-0.1, -0.05) is 6.07 Å². The first-order chi connectivity index (χ1) is 10.2. The maximum Gasteiger partial charge on any atom is 0.412 e. The summed E-state index contributed by atoms with van der Waals surface area (Å²) in [5.74, 6) is 0.0142. The van der Waals surface area contributed by atoms with Crippen molar-refractivity contribution < 1.29 is 14.3 Å². The Morgan fingerprint density at radius 3 is 2.59 bits per heavy atom. The zero-order chi connectivity index (χ0) is 16.1. The second-order valence-electron chi connectivity index (χ2n) is 7.33. The summed E-state index contributed by atoms with van der Waals surface area (Å²) in [6, 6.07) is 5.58. The summed E-state index contributed by atoms with van der Waals surface area (Å²) >= 11 is 0. The van der Waals surface area contributed by atoms with Gasteiger partial charge in [-0.3, -0.25) is 10.1 Å². The highest BCUT2D eigenvalue weighted by molar-refractivity contribution is 5.99. The zero-order valence-corrected chi connectivity index (χ0v) is 13.5. The number of nitrogens with zero attached hydrogens (tertiary/aromatic N) is 1. The maximum absolute atomic E-state index is 12.4. The quantitative estimate of drug-likeness (QED) is 0.867. The Morgan fingerprint density at radius 2 is 2.00 bits per heavy atom. The molecule has 0 radical (unpaired) electrons. The predicted molar refractivity (Wildman–Crippen MR) is 84.2 cm³/mol. The Balaban J connectivity index is 1.85. The van der Waals surface area contributed by atoms with E-state index >= 15 is 0 Å². The van der Waals surface area contributed by atoms with E-state index in [0.29, 0.717) is 11.3 Å². The monoisotopic (exact) mass is 302 g/mol. The number of hydrogen-bond donors (Lipinski definition) is 1. The first kappa shape index (κ1) is 14.9. The van der Waals surface area contributed by atoms with Crippen molar-refractivity contribution in [3.05, 3.63) is 29.3 Å². The third-order valence-corrected chi connectivity index (χ3v) is 4.21. The van der Waals surface area contributed by atoms with E-state index in [2.05, 4.69) is 5.32 Å². The first-order valence-electron chi connectivity index (χ1n) is 7.60. The van der Waals surface area contributed by atoms with Gasteiger partial charge in [-0.05, 0) is 51.3 Å². The molecule has 0 aromatic heterocycles. The summed E-state index contributed by atoms with van der Waals surface area (Å²) in [5, 5.41) is 2.70. The van der Waals surface area contributed by atoms with Gasteiger partial charge in [0.25, 0.3) is 5.91 Å². The van der Waals surface area contributed by atoms with Crippen LogP contribution in [0.25, 0.3) is 0 Å². The van der Waals surface area contributed by atoms with Crippen LogP contribution in [0, 0.1) is 0 Å². The molecule has 0 unspecified atom stereocenters. The van der Waals surface area contributed by atoms with Crippen LogP contribution in [0.15, 0.2) is 18.2 Å². The van der Waals surface area contributed by atoms with Gasteiger partial charge in [-0.25, -0.2) is 4.79 Å². The highest BCUT2D eigenvalue weighted by Gasteiger charge is 2.50. The van der Waals surface area contributed by atoms with E-state index in [-0.39, 0.29) is 11.3 Å². The number of likely N-dealkylation sites (N-methyl/N-ethyl adjacent to an activating group) is 1. The summed E-state index contributed by atoms with van der Waals surface area (Å²) in [5.41, 5.74) is 1.99. The van der Waals surface area contributed by atoms with Crippen molar-refractivity contribution >= 4 is 17.7 Å². The molecule has 2 amide bonds. The molecule has 1 aromatic carbocycles. The zero-order valence-electron chi connectivity index (χ0n) is 13.5. The summed E-state index contributed by atoms with van der Waals surface area (Å²) in [7, 11) is 1.83. The number of carbonyl (C=O) groups excluding carboxylic acids is 2. The molecule has 1 spiro atoms. The van der Waals surface area contributed by atoms with Crippen LogP contribution in [0.2, 0.25) is 0 Å². The number of ether oxygens (including phenoxy) is 1. The number of amides is 2. The molecule has 1 heterocycles. The van der Waals surface area contributed by atoms with E-state index < -0.39 is 11.7 Å². The largest absolute Gasteiger partial charge is 0.444 e. The second-order valence-corrected chi connectivity index (χ2v) is 7.33. The molecular formula is C17H22N2O3. The molecule has 5 nitrogen and oxygen atoms in total. The molecule has 1 fully saturated rings. The highest BCUT2D eigenvalue weighted by atomic mass is 16.6. The minimum Gasteiger partial charge on any atom is -0.444 e. The first-order valence-corrected chi connectivity index (χ1v) is 7.60. The fraction of sp³-hybridized carbons (Fsp3) is 0.529. The summed E-state index contributed by atoms with van der Waals surface area (Å²) < 4.78 is 5.24. The number of hydrogen-bond acceptors (Lipinski definition) is 3. The van der Waals surface area contributed by atoms with E-state index in [4.69, 9.17) is 4.74 Å². The van der Waals surface area contributed by atoms with E-state index in [9.17, 15) is 9.59 Å². The predicted octanol–water partition coefficient (Wildman–Crippen LogP) is 3.15. The Kier molecular flexibility index (Phi) is 3.20. The smallest absolute Gasteiger partial charge is 0.412 e. The second kappa shape index (κ2) is 4.73. The van der Waals surface area contributed by atoms with E-state index in [1.54, 1.807) is 11.0 Å². The Morgan fingerprint density at radius 1 is 1.32 bits per heavy atom. The third kappa shape index (κ3) is 2.67. The molecule has 1 aromatic rings. The van der Waals surface area contributed by atoms with Gasteiger partial charge in [0.2, 0.25) is 0 Å². The summed E-state index contributed by atoms with van der Waals surface area (Å²) in [6.45, 7) is 6.23.